The van der Waals surface area contributed by atoms with Crippen LogP contribution in [0.1, 0.15) is 44.3 Å². The van der Waals surface area contributed by atoms with Crippen LogP contribution in [0.2, 0.25) is 0 Å². The predicted molar refractivity (Wildman–Crippen MR) is 104 cm³/mol. The summed E-state index contributed by atoms with van der Waals surface area (Å²) in [6.45, 7) is 6.85. The lowest BCUT2D eigenvalue weighted by Crippen LogP contribution is -2.42. The zero-order valence-corrected chi connectivity index (χ0v) is 16.9. The number of carbonyl (C=O) groups is 2. The zero-order valence-electron chi connectivity index (χ0n) is 16.9. The number of imidazole rings is 1. The Morgan fingerprint density at radius 2 is 2.04 bits per heavy atom. The molecule has 27 heavy (non-hydrogen) atoms. The highest BCUT2D eigenvalue weighted by Crippen LogP contribution is 2.29. The number of likely N-dealkylation sites (tertiary alicyclic amines) is 2. The van der Waals surface area contributed by atoms with E-state index < -0.39 is 0 Å². The first-order chi connectivity index (χ1) is 13.0. The standard InChI is InChI=1S/C20H33N5O2/c1-4-23-15-17(14-18(23)26)20(27)25-11-6-16(7-12-25)19-21-8-13-24(19)10-5-9-22(2)3/h8,13,16-17H,4-7,9-12,14-15H2,1-3H3/t17-/m1/s1. The molecule has 7 heteroatoms. The van der Waals surface area contributed by atoms with Crippen molar-refractivity contribution >= 4 is 11.8 Å². The van der Waals surface area contributed by atoms with Gasteiger partial charge in [-0.05, 0) is 46.8 Å². The van der Waals surface area contributed by atoms with Crippen molar-refractivity contribution in [2.75, 3.05) is 46.8 Å². The molecule has 0 aromatic carbocycles. The van der Waals surface area contributed by atoms with E-state index in [-0.39, 0.29) is 17.7 Å². The van der Waals surface area contributed by atoms with Gasteiger partial charge in [0.2, 0.25) is 11.8 Å². The number of hydrogen-bond acceptors (Lipinski definition) is 4. The lowest BCUT2D eigenvalue weighted by Gasteiger charge is -2.33. The molecule has 3 rings (SSSR count). The number of carbonyl (C=O) groups excluding carboxylic acids is 2. The number of aromatic nitrogens is 2. The van der Waals surface area contributed by atoms with Crippen LogP contribution < -0.4 is 0 Å². The lowest BCUT2D eigenvalue weighted by atomic mass is 9.94. The fourth-order valence-electron chi connectivity index (χ4n) is 4.29. The van der Waals surface area contributed by atoms with Crippen molar-refractivity contribution in [2.45, 2.75) is 45.1 Å². The van der Waals surface area contributed by atoms with Gasteiger partial charge in [0.05, 0.1) is 5.92 Å². The van der Waals surface area contributed by atoms with Gasteiger partial charge in [-0.25, -0.2) is 4.98 Å². The molecule has 0 spiro atoms. The average molecular weight is 376 g/mol. The number of hydrogen-bond donors (Lipinski definition) is 0. The first-order valence-electron chi connectivity index (χ1n) is 10.2. The van der Waals surface area contributed by atoms with Gasteiger partial charge in [0.1, 0.15) is 5.82 Å². The molecule has 0 unspecified atom stereocenters. The van der Waals surface area contributed by atoms with E-state index >= 15 is 0 Å². The van der Waals surface area contributed by atoms with E-state index in [1.165, 1.54) is 0 Å². The second kappa shape index (κ2) is 8.87. The highest BCUT2D eigenvalue weighted by atomic mass is 16.2. The largest absolute Gasteiger partial charge is 0.342 e. The maximum atomic E-state index is 12.8. The maximum absolute atomic E-state index is 12.8. The molecule has 2 saturated heterocycles. The van der Waals surface area contributed by atoms with E-state index in [9.17, 15) is 9.59 Å². The van der Waals surface area contributed by atoms with E-state index in [0.29, 0.717) is 25.4 Å². The molecule has 2 aliphatic heterocycles. The van der Waals surface area contributed by atoms with Crippen LogP contribution in [0.25, 0.3) is 0 Å². The minimum atomic E-state index is -0.151. The van der Waals surface area contributed by atoms with E-state index in [0.717, 1.165) is 51.3 Å². The summed E-state index contributed by atoms with van der Waals surface area (Å²) >= 11 is 0. The highest BCUT2D eigenvalue weighted by Gasteiger charge is 2.37. The van der Waals surface area contributed by atoms with Gasteiger partial charge in [-0.2, -0.15) is 0 Å². The van der Waals surface area contributed by atoms with Gasteiger partial charge in [0.25, 0.3) is 0 Å². The van der Waals surface area contributed by atoms with Crippen LogP contribution in [0.15, 0.2) is 12.4 Å². The second-order valence-corrected chi connectivity index (χ2v) is 8.07. The number of rotatable bonds is 7. The second-order valence-electron chi connectivity index (χ2n) is 8.07. The van der Waals surface area contributed by atoms with Gasteiger partial charge >= 0.3 is 0 Å². The van der Waals surface area contributed by atoms with Crippen molar-refractivity contribution in [3.05, 3.63) is 18.2 Å². The van der Waals surface area contributed by atoms with Crippen molar-refractivity contribution in [3.63, 3.8) is 0 Å². The number of amides is 2. The fraction of sp³-hybridized carbons (Fsp3) is 0.750. The molecule has 0 N–H and O–H groups in total. The van der Waals surface area contributed by atoms with Crippen LogP contribution in [0.4, 0.5) is 0 Å². The van der Waals surface area contributed by atoms with Crippen LogP contribution in [-0.4, -0.2) is 82.9 Å². The summed E-state index contributed by atoms with van der Waals surface area (Å²) < 4.78 is 2.28. The minimum Gasteiger partial charge on any atom is -0.342 e. The van der Waals surface area contributed by atoms with Crippen LogP contribution in [0, 0.1) is 5.92 Å². The van der Waals surface area contributed by atoms with E-state index in [1.807, 2.05) is 18.0 Å². The maximum Gasteiger partial charge on any atom is 0.227 e. The SMILES string of the molecule is CCN1C[C@H](C(=O)N2CCC(c3nccn3CCCN(C)C)CC2)CC1=O. The Kier molecular flexibility index (Phi) is 6.52. The summed E-state index contributed by atoms with van der Waals surface area (Å²) in [4.78, 5) is 35.3. The summed E-state index contributed by atoms with van der Waals surface area (Å²) in [6, 6.07) is 0. The van der Waals surface area contributed by atoms with Crippen molar-refractivity contribution < 1.29 is 9.59 Å². The van der Waals surface area contributed by atoms with Gasteiger partial charge in [0.15, 0.2) is 0 Å². The predicted octanol–water partition coefficient (Wildman–Crippen LogP) is 1.41. The normalized spacial score (nSPS) is 21.5. The number of nitrogens with zero attached hydrogens (tertiary/aromatic N) is 5. The van der Waals surface area contributed by atoms with Crippen molar-refractivity contribution in [2.24, 2.45) is 5.92 Å². The third-order valence-electron chi connectivity index (χ3n) is 5.87. The Balaban J connectivity index is 1.51. The van der Waals surface area contributed by atoms with E-state index in [4.69, 9.17) is 0 Å². The van der Waals surface area contributed by atoms with E-state index in [2.05, 4.69) is 34.7 Å². The average Bonchev–Trinajstić information content (AvgIpc) is 3.27. The van der Waals surface area contributed by atoms with Gasteiger partial charge in [0, 0.05) is 57.5 Å². The topological polar surface area (TPSA) is 61.7 Å². The zero-order chi connectivity index (χ0) is 19.4. The Labute approximate surface area is 162 Å². The van der Waals surface area contributed by atoms with Crippen LogP contribution in [0.3, 0.4) is 0 Å². The molecule has 1 aromatic rings. The molecule has 3 heterocycles. The summed E-state index contributed by atoms with van der Waals surface area (Å²) in [5.74, 6) is 1.70. The molecule has 0 saturated carbocycles. The van der Waals surface area contributed by atoms with Crippen molar-refractivity contribution in [1.82, 2.24) is 24.3 Å². The molecule has 0 aliphatic carbocycles. The Morgan fingerprint density at radius 3 is 2.67 bits per heavy atom. The molecule has 150 valence electrons. The summed E-state index contributed by atoms with van der Waals surface area (Å²) in [7, 11) is 4.19. The first kappa shape index (κ1) is 19.9. The summed E-state index contributed by atoms with van der Waals surface area (Å²) in [5.41, 5.74) is 0. The molecule has 2 fully saturated rings. The highest BCUT2D eigenvalue weighted by molar-refractivity contribution is 5.89. The molecular weight excluding hydrogens is 342 g/mol. The Bertz CT molecular complexity index is 649. The van der Waals surface area contributed by atoms with Crippen molar-refractivity contribution in [1.29, 1.82) is 0 Å². The molecule has 0 bridgehead atoms. The van der Waals surface area contributed by atoms with Gasteiger partial charge in [-0.3, -0.25) is 9.59 Å². The van der Waals surface area contributed by atoms with Gasteiger partial charge < -0.3 is 19.3 Å². The monoisotopic (exact) mass is 375 g/mol. The quantitative estimate of drug-likeness (QED) is 0.723. The minimum absolute atomic E-state index is 0.116. The van der Waals surface area contributed by atoms with Gasteiger partial charge in [-0.1, -0.05) is 0 Å². The third-order valence-corrected chi connectivity index (χ3v) is 5.87. The molecule has 1 aromatic heterocycles. The molecular formula is C20H33N5O2. The lowest BCUT2D eigenvalue weighted by molar-refractivity contribution is -0.136. The van der Waals surface area contributed by atoms with Gasteiger partial charge in [-0.15, -0.1) is 0 Å². The number of aryl methyl sites for hydroxylation is 1. The molecule has 7 nitrogen and oxygen atoms in total. The van der Waals surface area contributed by atoms with Crippen LogP contribution in [-0.2, 0) is 16.1 Å². The molecule has 2 aliphatic rings. The summed E-state index contributed by atoms with van der Waals surface area (Å²) in [6.07, 6.45) is 7.36. The van der Waals surface area contributed by atoms with Crippen LogP contribution in [0.5, 0.6) is 0 Å². The smallest absolute Gasteiger partial charge is 0.227 e. The molecule has 0 radical (unpaired) electrons. The summed E-state index contributed by atoms with van der Waals surface area (Å²) in [5, 5.41) is 0. The molecule has 1 atom stereocenters. The van der Waals surface area contributed by atoms with E-state index in [1.54, 1.807) is 4.90 Å². The third kappa shape index (κ3) is 4.69. The first-order valence-corrected chi connectivity index (χ1v) is 10.2. The number of piperidine rings is 1. The fourth-order valence-corrected chi connectivity index (χ4v) is 4.29. The Hall–Kier alpha value is -1.89. The Morgan fingerprint density at radius 1 is 1.30 bits per heavy atom. The van der Waals surface area contributed by atoms with Crippen LogP contribution >= 0.6 is 0 Å². The van der Waals surface area contributed by atoms with Crippen molar-refractivity contribution in [3.8, 4) is 0 Å². The molecule has 2 amide bonds.